The number of likely N-dealkylation sites (tertiary alicyclic amines) is 1. The van der Waals surface area contributed by atoms with Crippen molar-refractivity contribution in [1.29, 1.82) is 0 Å². The van der Waals surface area contributed by atoms with Gasteiger partial charge in [0.25, 0.3) is 5.91 Å². The van der Waals surface area contributed by atoms with Crippen LogP contribution in [-0.4, -0.2) is 51.7 Å². The number of hydrogen-bond acceptors (Lipinski definition) is 5. The molecule has 2 aromatic rings. The van der Waals surface area contributed by atoms with Crippen LogP contribution in [0, 0.1) is 12.8 Å². The molecule has 0 spiro atoms. The van der Waals surface area contributed by atoms with Crippen LogP contribution in [0.4, 0.5) is 0 Å². The predicted molar refractivity (Wildman–Crippen MR) is 95.9 cm³/mol. The minimum Gasteiger partial charge on any atom is -0.469 e. The highest BCUT2D eigenvalue weighted by atomic mass is 16.5. The fraction of sp³-hybridized carbons (Fsp3) is 0.579. The minimum absolute atomic E-state index is 0.0127. The number of amides is 1. The third-order valence-corrected chi connectivity index (χ3v) is 5.53. The van der Waals surface area contributed by atoms with E-state index in [4.69, 9.17) is 9.72 Å². The van der Waals surface area contributed by atoms with Gasteiger partial charge in [0.05, 0.1) is 29.7 Å². The Morgan fingerprint density at radius 1 is 1.19 bits per heavy atom. The van der Waals surface area contributed by atoms with Gasteiger partial charge >= 0.3 is 5.97 Å². The molecule has 7 nitrogen and oxygen atoms in total. The second-order valence-electron chi connectivity index (χ2n) is 7.37. The number of methoxy groups -OCH3 is 1. The molecule has 138 valence electrons. The van der Waals surface area contributed by atoms with Gasteiger partial charge < -0.3 is 9.64 Å². The normalized spacial score (nSPS) is 18.3. The zero-order valence-electron chi connectivity index (χ0n) is 15.5. The molecule has 26 heavy (non-hydrogen) atoms. The summed E-state index contributed by atoms with van der Waals surface area (Å²) in [6.45, 7) is 3.06. The van der Waals surface area contributed by atoms with Crippen LogP contribution >= 0.6 is 0 Å². The maximum atomic E-state index is 13.3. The molecule has 2 aromatic heterocycles. The summed E-state index contributed by atoms with van der Waals surface area (Å²) in [5.74, 6) is 0.191. The lowest BCUT2D eigenvalue weighted by Gasteiger charge is -2.31. The van der Waals surface area contributed by atoms with Gasteiger partial charge in [-0.2, -0.15) is 5.10 Å². The number of nitrogens with zero attached hydrogens (tertiary/aromatic N) is 4. The van der Waals surface area contributed by atoms with Gasteiger partial charge in [-0.25, -0.2) is 4.98 Å². The molecule has 2 aliphatic rings. The number of hydrogen-bond donors (Lipinski definition) is 0. The van der Waals surface area contributed by atoms with E-state index < -0.39 is 0 Å². The van der Waals surface area contributed by atoms with E-state index in [9.17, 15) is 9.59 Å². The predicted octanol–water partition coefficient (Wildman–Crippen LogP) is 2.18. The van der Waals surface area contributed by atoms with E-state index in [-0.39, 0.29) is 17.8 Å². The molecule has 0 N–H and O–H groups in total. The molecule has 1 aliphatic heterocycles. The largest absolute Gasteiger partial charge is 0.469 e. The number of aromatic nitrogens is 3. The average Bonchev–Trinajstić information content (AvgIpc) is 3.47. The number of carbonyl (C=O) groups excluding carboxylic acids is 2. The first-order chi connectivity index (χ1) is 12.5. The number of carbonyl (C=O) groups is 2. The summed E-state index contributed by atoms with van der Waals surface area (Å²) in [7, 11) is 3.28. The summed E-state index contributed by atoms with van der Waals surface area (Å²) in [6, 6.07) is 1.96. The molecule has 3 heterocycles. The van der Waals surface area contributed by atoms with Crippen LogP contribution in [0.1, 0.15) is 53.3 Å². The molecule has 0 bridgehead atoms. The highest BCUT2D eigenvalue weighted by Crippen LogP contribution is 2.40. The van der Waals surface area contributed by atoms with Crippen molar-refractivity contribution < 1.29 is 14.3 Å². The fourth-order valence-corrected chi connectivity index (χ4v) is 3.88. The lowest BCUT2D eigenvalue weighted by atomic mass is 9.96. The maximum Gasteiger partial charge on any atom is 0.308 e. The van der Waals surface area contributed by atoms with Crippen LogP contribution < -0.4 is 0 Å². The lowest BCUT2D eigenvalue weighted by molar-refractivity contribution is -0.146. The molecule has 1 saturated carbocycles. The molecule has 1 aliphatic carbocycles. The molecule has 1 amide bonds. The molecule has 2 fully saturated rings. The summed E-state index contributed by atoms with van der Waals surface area (Å²) in [6.07, 6.45) is 3.56. The Bertz CT molecular complexity index is 877. The topological polar surface area (TPSA) is 77.3 Å². The second-order valence-corrected chi connectivity index (χ2v) is 7.37. The van der Waals surface area contributed by atoms with Crippen molar-refractivity contribution in [3.05, 3.63) is 23.0 Å². The van der Waals surface area contributed by atoms with Crippen LogP contribution in [0.15, 0.2) is 6.07 Å². The van der Waals surface area contributed by atoms with Gasteiger partial charge in [0, 0.05) is 31.7 Å². The molecular formula is C19H24N4O3. The van der Waals surface area contributed by atoms with E-state index in [1.54, 1.807) is 4.68 Å². The number of ether oxygens (including phenoxy) is 1. The first kappa shape index (κ1) is 17.0. The number of piperidine rings is 1. The van der Waals surface area contributed by atoms with Gasteiger partial charge in [-0.15, -0.1) is 0 Å². The van der Waals surface area contributed by atoms with Gasteiger partial charge in [-0.1, -0.05) is 0 Å². The SMILES string of the molecule is COC(=O)C1CCN(C(=O)c2cc(C3CC3)nc3c2c(C)nn3C)CC1. The quantitative estimate of drug-likeness (QED) is 0.788. The van der Waals surface area contributed by atoms with E-state index in [0.29, 0.717) is 37.4 Å². The summed E-state index contributed by atoms with van der Waals surface area (Å²) >= 11 is 0. The van der Waals surface area contributed by atoms with Gasteiger partial charge in [0.15, 0.2) is 5.65 Å². The van der Waals surface area contributed by atoms with Gasteiger partial charge in [0.2, 0.25) is 0 Å². The third-order valence-electron chi connectivity index (χ3n) is 5.53. The summed E-state index contributed by atoms with van der Waals surface area (Å²) < 4.78 is 6.59. The van der Waals surface area contributed by atoms with Crippen molar-refractivity contribution in [2.75, 3.05) is 20.2 Å². The van der Waals surface area contributed by atoms with Crippen molar-refractivity contribution in [1.82, 2.24) is 19.7 Å². The van der Waals surface area contributed by atoms with Crippen LogP contribution in [0.5, 0.6) is 0 Å². The van der Waals surface area contributed by atoms with Crippen LogP contribution in [-0.2, 0) is 16.6 Å². The smallest absolute Gasteiger partial charge is 0.308 e. The Morgan fingerprint density at radius 2 is 1.88 bits per heavy atom. The number of esters is 1. The Morgan fingerprint density at radius 3 is 2.50 bits per heavy atom. The molecular weight excluding hydrogens is 332 g/mol. The van der Waals surface area contributed by atoms with Crippen molar-refractivity contribution in [2.45, 2.75) is 38.5 Å². The average molecular weight is 356 g/mol. The number of fused-ring (bicyclic) bond motifs is 1. The van der Waals surface area contributed by atoms with Crippen LogP contribution in [0.3, 0.4) is 0 Å². The van der Waals surface area contributed by atoms with E-state index in [2.05, 4.69) is 5.10 Å². The first-order valence-electron chi connectivity index (χ1n) is 9.21. The Labute approximate surface area is 152 Å². The van der Waals surface area contributed by atoms with E-state index >= 15 is 0 Å². The third kappa shape index (κ3) is 2.85. The van der Waals surface area contributed by atoms with Crippen molar-refractivity contribution in [2.24, 2.45) is 13.0 Å². The van der Waals surface area contributed by atoms with Crippen molar-refractivity contribution in [3.63, 3.8) is 0 Å². The van der Waals surface area contributed by atoms with E-state index in [0.717, 1.165) is 35.3 Å². The molecule has 1 saturated heterocycles. The van der Waals surface area contributed by atoms with Gasteiger partial charge in [-0.3, -0.25) is 14.3 Å². The van der Waals surface area contributed by atoms with Gasteiger partial charge in [-0.05, 0) is 38.7 Å². The Hall–Kier alpha value is -2.44. The highest BCUT2D eigenvalue weighted by molar-refractivity contribution is 6.06. The number of rotatable bonds is 3. The second kappa shape index (κ2) is 6.37. The van der Waals surface area contributed by atoms with Crippen molar-refractivity contribution >= 4 is 22.9 Å². The fourth-order valence-electron chi connectivity index (χ4n) is 3.88. The summed E-state index contributed by atoms with van der Waals surface area (Å²) in [5, 5.41) is 5.31. The molecule has 7 heteroatoms. The maximum absolute atomic E-state index is 13.3. The van der Waals surface area contributed by atoms with Crippen LogP contribution in [0.2, 0.25) is 0 Å². The monoisotopic (exact) mass is 356 g/mol. The number of pyridine rings is 1. The number of aryl methyl sites for hydroxylation is 2. The van der Waals surface area contributed by atoms with Crippen molar-refractivity contribution in [3.8, 4) is 0 Å². The zero-order chi connectivity index (χ0) is 18.4. The lowest BCUT2D eigenvalue weighted by Crippen LogP contribution is -2.40. The molecule has 0 radical (unpaired) electrons. The van der Waals surface area contributed by atoms with Gasteiger partial charge in [0.1, 0.15) is 0 Å². The zero-order valence-corrected chi connectivity index (χ0v) is 15.5. The van der Waals surface area contributed by atoms with E-state index in [1.165, 1.54) is 7.11 Å². The van der Waals surface area contributed by atoms with E-state index in [1.807, 2.05) is 24.9 Å². The minimum atomic E-state index is -0.178. The standard InChI is InChI=1S/C19H24N4O3/c1-11-16-14(10-15(12-4-5-12)20-17(16)22(2)21-11)18(24)23-8-6-13(7-9-23)19(25)26-3/h10,12-13H,4-9H2,1-3H3. The molecule has 0 unspecified atom stereocenters. The molecule has 0 atom stereocenters. The Kier molecular flexibility index (Phi) is 4.17. The molecule has 0 aromatic carbocycles. The summed E-state index contributed by atoms with van der Waals surface area (Å²) in [4.78, 5) is 31.6. The summed E-state index contributed by atoms with van der Waals surface area (Å²) in [5.41, 5.74) is 3.29. The Balaban J connectivity index is 1.65. The molecule has 4 rings (SSSR count). The van der Waals surface area contributed by atoms with Crippen LogP contribution in [0.25, 0.3) is 11.0 Å². The first-order valence-corrected chi connectivity index (χ1v) is 9.21. The highest BCUT2D eigenvalue weighted by Gasteiger charge is 2.32.